The van der Waals surface area contributed by atoms with Crippen LogP contribution in [0.1, 0.15) is 26.2 Å². The normalized spacial score (nSPS) is 13.3. The predicted molar refractivity (Wildman–Crippen MR) is 60.6 cm³/mol. The standard InChI is InChI=1S/C12H18O3/c1-4-6-8-11(13)10(7-5-2)9(3)12(14)15/h5,7,11,13H,2-4,6,8H2,1H3,(H,14,15)/b10-7+. The number of aliphatic carboxylic acids is 1. The van der Waals surface area contributed by atoms with Gasteiger partial charge in [0.2, 0.25) is 0 Å². The van der Waals surface area contributed by atoms with E-state index in [4.69, 9.17) is 5.11 Å². The van der Waals surface area contributed by atoms with Gasteiger partial charge in [-0.15, -0.1) is 0 Å². The summed E-state index contributed by atoms with van der Waals surface area (Å²) in [5.41, 5.74) is 0.268. The summed E-state index contributed by atoms with van der Waals surface area (Å²) in [4.78, 5) is 10.7. The molecular weight excluding hydrogens is 192 g/mol. The second-order valence-corrected chi connectivity index (χ2v) is 3.30. The average Bonchev–Trinajstić information content (AvgIpc) is 2.21. The summed E-state index contributed by atoms with van der Waals surface area (Å²) in [6.07, 6.45) is 4.53. The minimum Gasteiger partial charge on any atom is -0.478 e. The van der Waals surface area contributed by atoms with Gasteiger partial charge in [0.05, 0.1) is 11.7 Å². The predicted octanol–water partition coefficient (Wildman–Crippen LogP) is 2.29. The van der Waals surface area contributed by atoms with Gasteiger partial charge in [0.1, 0.15) is 0 Å². The van der Waals surface area contributed by atoms with Crippen molar-refractivity contribution in [2.24, 2.45) is 0 Å². The molecular formula is C12H18O3. The Morgan fingerprint density at radius 1 is 1.53 bits per heavy atom. The zero-order valence-corrected chi connectivity index (χ0v) is 9.07. The molecule has 84 valence electrons. The lowest BCUT2D eigenvalue weighted by Crippen LogP contribution is -2.16. The molecule has 0 aromatic rings. The third kappa shape index (κ3) is 4.61. The van der Waals surface area contributed by atoms with E-state index in [1.165, 1.54) is 12.2 Å². The first-order valence-electron chi connectivity index (χ1n) is 4.97. The van der Waals surface area contributed by atoms with Crippen LogP contribution in [-0.2, 0) is 4.79 Å². The maximum atomic E-state index is 10.7. The van der Waals surface area contributed by atoms with Crippen molar-refractivity contribution in [2.45, 2.75) is 32.3 Å². The van der Waals surface area contributed by atoms with E-state index in [1.54, 1.807) is 0 Å². The molecule has 1 atom stereocenters. The lowest BCUT2D eigenvalue weighted by atomic mass is 9.97. The zero-order valence-electron chi connectivity index (χ0n) is 9.07. The van der Waals surface area contributed by atoms with E-state index in [1.807, 2.05) is 6.92 Å². The van der Waals surface area contributed by atoms with Crippen LogP contribution < -0.4 is 0 Å². The van der Waals surface area contributed by atoms with E-state index in [9.17, 15) is 9.90 Å². The maximum absolute atomic E-state index is 10.7. The molecule has 0 aromatic heterocycles. The Bertz CT molecular complexity index is 277. The molecule has 0 aliphatic rings. The summed E-state index contributed by atoms with van der Waals surface area (Å²) in [6, 6.07) is 0. The second-order valence-electron chi connectivity index (χ2n) is 3.30. The van der Waals surface area contributed by atoms with E-state index in [0.29, 0.717) is 12.0 Å². The van der Waals surface area contributed by atoms with Crippen LogP contribution in [0.15, 0.2) is 36.5 Å². The van der Waals surface area contributed by atoms with Crippen molar-refractivity contribution >= 4 is 5.97 Å². The monoisotopic (exact) mass is 210 g/mol. The lowest BCUT2D eigenvalue weighted by Gasteiger charge is -2.14. The third-order valence-electron chi connectivity index (χ3n) is 2.09. The van der Waals surface area contributed by atoms with Gasteiger partial charge >= 0.3 is 5.97 Å². The molecule has 1 unspecified atom stereocenters. The summed E-state index contributed by atoms with van der Waals surface area (Å²) in [5, 5.41) is 18.5. The number of allylic oxidation sites excluding steroid dienone is 2. The van der Waals surface area contributed by atoms with Gasteiger partial charge in [-0.2, -0.15) is 0 Å². The Balaban J connectivity index is 4.67. The average molecular weight is 210 g/mol. The molecule has 0 fully saturated rings. The molecule has 0 radical (unpaired) electrons. The van der Waals surface area contributed by atoms with Crippen LogP contribution in [0.5, 0.6) is 0 Å². The number of rotatable bonds is 7. The topological polar surface area (TPSA) is 57.5 Å². The number of carbonyl (C=O) groups is 1. The van der Waals surface area contributed by atoms with Crippen molar-refractivity contribution in [1.29, 1.82) is 0 Å². The molecule has 0 saturated carbocycles. The van der Waals surface area contributed by atoms with E-state index in [-0.39, 0.29) is 5.57 Å². The molecule has 15 heavy (non-hydrogen) atoms. The molecule has 0 aliphatic heterocycles. The van der Waals surface area contributed by atoms with Gasteiger partial charge in [-0.25, -0.2) is 4.79 Å². The van der Waals surface area contributed by atoms with Crippen LogP contribution >= 0.6 is 0 Å². The first-order chi connectivity index (χ1) is 7.04. The molecule has 0 spiro atoms. The molecule has 0 aliphatic carbocycles. The van der Waals surface area contributed by atoms with Crippen molar-refractivity contribution in [3.63, 3.8) is 0 Å². The summed E-state index contributed by atoms with van der Waals surface area (Å²) in [7, 11) is 0. The zero-order chi connectivity index (χ0) is 11.8. The van der Waals surface area contributed by atoms with Gasteiger partial charge < -0.3 is 10.2 Å². The van der Waals surface area contributed by atoms with E-state index < -0.39 is 12.1 Å². The van der Waals surface area contributed by atoms with E-state index in [2.05, 4.69) is 13.2 Å². The maximum Gasteiger partial charge on any atom is 0.335 e. The number of aliphatic hydroxyl groups is 1. The number of aliphatic hydroxyl groups excluding tert-OH is 1. The Morgan fingerprint density at radius 2 is 2.13 bits per heavy atom. The number of unbranched alkanes of at least 4 members (excludes halogenated alkanes) is 1. The lowest BCUT2D eigenvalue weighted by molar-refractivity contribution is -0.132. The number of hydrogen-bond donors (Lipinski definition) is 2. The highest BCUT2D eigenvalue weighted by Crippen LogP contribution is 2.17. The molecule has 3 heteroatoms. The van der Waals surface area contributed by atoms with Crippen LogP contribution in [0, 0.1) is 0 Å². The first kappa shape index (κ1) is 13.7. The number of carboxylic acids is 1. The third-order valence-corrected chi connectivity index (χ3v) is 2.09. The van der Waals surface area contributed by atoms with Gasteiger partial charge in [-0.3, -0.25) is 0 Å². The van der Waals surface area contributed by atoms with Crippen molar-refractivity contribution in [3.05, 3.63) is 36.5 Å². The summed E-state index contributed by atoms with van der Waals surface area (Å²) >= 11 is 0. The Labute approximate surface area is 90.4 Å². The summed E-state index contributed by atoms with van der Waals surface area (Å²) < 4.78 is 0. The fourth-order valence-electron chi connectivity index (χ4n) is 1.22. The Hall–Kier alpha value is -1.35. The van der Waals surface area contributed by atoms with E-state index in [0.717, 1.165) is 12.8 Å². The summed E-state index contributed by atoms with van der Waals surface area (Å²) in [6.45, 7) is 8.92. The Kier molecular flexibility index (Phi) is 6.38. The van der Waals surface area contributed by atoms with Gasteiger partial charge in [-0.05, 0) is 12.0 Å². The number of carboxylic acid groups (broad SMARTS) is 1. The Morgan fingerprint density at radius 3 is 2.53 bits per heavy atom. The highest BCUT2D eigenvalue weighted by molar-refractivity contribution is 5.91. The van der Waals surface area contributed by atoms with Gasteiger partial charge in [0, 0.05) is 0 Å². The van der Waals surface area contributed by atoms with Crippen molar-refractivity contribution < 1.29 is 15.0 Å². The van der Waals surface area contributed by atoms with Gasteiger partial charge in [0.15, 0.2) is 0 Å². The minimum atomic E-state index is -1.11. The quantitative estimate of drug-likeness (QED) is 0.500. The number of hydrogen-bond acceptors (Lipinski definition) is 2. The fraction of sp³-hybridized carbons (Fsp3) is 0.417. The van der Waals surface area contributed by atoms with Gasteiger partial charge in [-0.1, -0.05) is 45.1 Å². The van der Waals surface area contributed by atoms with Crippen molar-refractivity contribution in [2.75, 3.05) is 0 Å². The molecule has 0 rings (SSSR count). The molecule has 0 heterocycles. The minimum absolute atomic E-state index is 0.0708. The highest BCUT2D eigenvalue weighted by atomic mass is 16.4. The molecule has 0 aromatic carbocycles. The SMILES string of the molecule is C=C/C=C(\C(=C)C(=O)O)C(O)CCCC. The van der Waals surface area contributed by atoms with Crippen LogP contribution in [0.3, 0.4) is 0 Å². The molecule has 3 nitrogen and oxygen atoms in total. The fourth-order valence-corrected chi connectivity index (χ4v) is 1.22. The van der Waals surface area contributed by atoms with Crippen molar-refractivity contribution in [3.8, 4) is 0 Å². The summed E-state index contributed by atoms with van der Waals surface area (Å²) in [5.74, 6) is -1.11. The smallest absolute Gasteiger partial charge is 0.335 e. The van der Waals surface area contributed by atoms with Crippen LogP contribution in [-0.4, -0.2) is 22.3 Å². The largest absolute Gasteiger partial charge is 0.478 e. The van der Waals surface area contributed by atoms with Crippen LogP contribution in [0.25, 0.3) is 0 Å². The van der Waals surface area contributed by atoms with Gasteiger partial charge in [0.25, 0.3) is 0 Å². The van der Waals surface area contributed by atoms with E-state index >= 15 is 0 Å². The molecule has 2 N–H and O–H groups in total. The van der Waals surface area contributed by atoms with Crippen LogP contribution in [0.2, 0.25) is 0 Å². The molecule has 0 amide bonds. The molecule has 0 bridgehead atoms. The highest BCUT2D eigenvalue weighted by Gasteiger charge is 2.17. The first-order valence-corrected chi connectivity index (χ1v) is 4.97. The van der Waals surface area contributed by atoms with Crippen molar-refractivity contribution in [1.82, 2.24) is 0 Å². The second kappa shape index (κ2) is 7.01. The molecule has 0 saturated heterocycles. The van der Waals surface area contributed by atoms with Crippen LogP contribution in [0.4, 0.5) is 0 Å².